The summed E-state index contributed by atoms with van der Waals surface area (Å²) in [6.07, 6.45) is 2.64. The van der Waals surface area contributed by atoms with Gasteiger partial charge in [0, 0.05) is 29.4 Å². The lowest BCUT2D eigenvalue weighted by Gasteiger charge is -2.23. The number of aryl methyl sites for hydroxylation is 1. The second kappa shape index (κ2) is 7.11. The summed E-state index contributed by atoms with van der Waals surface area (Å²) in [5.74, 6) is 0. The molecule has 96 valence electrons. The van der Waals surface area contributed by atoms with E-state index >= 15 is 0 Å². The zero-order valence-electron chi connectivity index (χ0n) is 10.5. The van der Waals surface area contributed by atoms with Crippen LogP contribution in [0, 0.1) is 0 Å². The molecule has 4 heteroatoms. The van der Waals surface area contributed by atoms with E-state index in [0.717, 1.165) is 45.6 Å². The molecule has 1 aromatic heterocycles. The summed E-state index contributed by atoms with van der Waals surface area (Å²) in [5, 5.41) is 6.84. The Morgan fingerprint density at radius 1 is 1.47 bits per heavy atom. The molecule has 3 nitrogen and oxygen atoms in total. The minimum atomic E-state index is 0.394. The van der Waals surface area contributed by atoms with E-state index in [1.165, 1.54) is 9.75 Å². The Labute approximate surface area is 108 Å². The van der Waals surface area contributed by atoms with Gasteiger partial charge >= 0.3 is 0 Å². The molecule has 1 aromatic rings. The quantitative estimate of drug-likeness (QED) is 0.759. The van der Waals surface area contributed by atoms with Gasteiger partial charge in [0.2, 0.25) is 0 Å². The second-order valence-corrected chi connectivity index (χ2v) is 5.64. The Morgan fingerprint density at radius 3 is 3.06 bits per heavy atom. The smallest absolute Gasteiger partial charge is 0.0712 e. The van der Waals surface area contributed by atoms with Crippen molar-refractivity contribution in [3.63, 3.8) is 0 Å². The molecule has 2 heterocycles. The van der Waals surface area contributed by atoms with Crippen LogP contribution in [0.15, 0.2) is 12.1 Å². The number of hydrogen-bond acceptors (Lipinski definition) is 4. The summed E-state index contributed by atoms with van der Waals surface area (Å²) < 4.78 is 5.65. The SMILES string of the molecule is CCc1ccc(CNCCC2CNCCO2)s1. The Kier molecular flexibility index (Phi) is 5.45. The molecule has 1 saturated heterocycles. The van der Waals surface area contributed by atoms with E-state index in [1.54, 1.807) is 0 Å². The largest absolute Gasteiger partial charge is 0.376 e. The first-order valence-corrected chi connectivity index (χ1v) is 7.30. The van der Waals surface area contributed by atoms with Crippen molar-refractivity contribution >= 4 is 11.3 Å². The number of thiophene rings is 1. The van der Waals surface area contributed by atoms with Crippen LogP contribution in [0.2, 0.25) is 0 Å². The van der Waals surface area contributed by atoms with E-state index in [0.29, 0.717) is 6.10 Å². The van der Waals surface area contributed by atoms with E-state index in [1.807, 2.05) is 11.3 Å². The summed E-state index contributed by atoms with van der Waals surface area (Å²) in [4.78, 5) is 2.91. The molecule has 2 rings (SSSR count). The highest BCUT2D eigenvalue weighted by Crippen LogP contribution is 2.16. The molecule has 1 atom stereocenters. The summed E-state index contributed by atoms with van der Waals surface area (Å²) in [7, 11) is 0. The molecule has 0 spiro atoms. The first-order chi connectivity index (χ1) is 8.38. The lowest BCUT2D eigenvalue weighted by molar-refractivity contribution is 0.0238. The predicted octanol–water partition coefficient (Wildman–Crippen LogP) is 1.78. The van der Waals surface area contributed by atoms with Crippen LogP contribution in [-0.2, 0) is 17.7 Å². The van der Waals surface area contributed by atoms with Crippen molar-refractivity contribution in [1.82, 2.24) is 10.6 Å². The molecule has 1 aliphatic rings. The molecule has 2 N–H and O–H groups in total. The number of morpholine rings is 1. The van der Waals surface area contributed by atoms with Crippen molar-refractivity contribution in [2.45, 2.75) is 32.4 Å². The summed E-state index contributed by atoms with van der Waals surface area (Å²) in [5.41, 5.74) is 0. The van der Waals surface area contributed by atoms with E-state index in [4.69, 9.17) is 4.74 Å². The standard InChI is InChI=1S/C13H22N2OS/c1-2-12-3-4-13(17-12)10-14-6-5-11-9-15-7-8-16-11/h3-4,11,14-15H,2,5-10H2,1H3. The van der Waals surface area contributed by atoms with Gasteiger partial charge in [0.25, 0.3) is 0 Å². The highest BCUT2D eigenvalue weighted by Gasteiger charge is 2.12. The van der Waals surface area contributed by atoms with Crippen LogP contribution in [0.1, 0.15) is 23.1 Å². The van der Waals surface area contributed by atoms with Gasteiger partial charge in [-0.1, -0.05) is 6.92 Å². The van der Waals surface area contributed by atoms with Gasteiger partial charge in [-0.3, -0.25) is 0 Å². The third-order valence-electron chi connectivity index (χ3n) is 3.01. The number of ether oxygens (including phenoxy) is 1. The van der Waals surface area contributed by atoms with E-state index in [9.17, 15) is 0 Å². The van der Waals surface area contributed by atoms with Crippen LogP contribution in [0.25, 0.3) is 0 Å². The fourth-order valence-corrected chi connectivity index (χ4v) is 2.91. The highest BCUT2D eigenvalue weighted by molar-refractivity contribution is 7.11. The molecule has 1 aliphatic heterocycles. The van der Waals surface area contributed by atoms with Crippen LogP contribution in [0.3, 0.4) is 0 Å². The predicted molar refractivity (Wildman–Crippen MR) is 72.6 cm³/mol. The summed E-state index contributed by atoms with van der Waals surface area (Å²) in [6, 6.07) is 4.46. The van der Waals surface area contributed by atoms with Crippen LogP contribution in [0.4, 0.5) is 0 Å². The van der Waals surface area contributed by atoms with E-state index in [-0.39, 0.29) is 0 Å². The molecule has 0 saturated carbocycles. The Hall–Kier alpha value is -0.420. The van der Waals surface area contributed by atoms with Crippen LogP contribution in [0.5, 0.6) is 0 Å². The van der Waals surface area contributed by atoms with Crippen LogP contribution >= 0.6 is 11.3 Å². The molecule has 0 radical (unpaired) electrons. The Bertz CT molecular complexity index is 321. The average Bonchev–Trinajstić information content (AvgIpc) is 2.84. The minimum absolute atomic E-state index is 0.394. The fourth-order valence-electron chi connectivity index (χ4n) is 1.99. The van der Waals surface area contributed by atoms with E-state index in [2.05, 4.69) is 29.7 Å². The van der Waals surface area contributed by atoms with Crippen LogP contribution < -0.4 is 10.6 Å². The van der Waals surface area contributed by atoms with Gasteiger partial charge in [-0.25, -0.2) is 0 Å². The first-order valence-electron chi connectivity index (χ1n) is 6.49. The van der Waals surface area contributed by atoms with Gasteiger partial charge < -0.3 is 15.4 Å². The molecule has 0 aromatic carbocycles. The highest BCUT2D eigenvalue weighted by atomic mass is 32.1. The first kappa shape index (κ1) is 13.0. The third kappa shape index (κ3) is 4.39. The maximum Gasteiger partial charge on any atom is 0.0712 e. The van der Waals surface area contributed by atoms with Crippen molar-refractivity contribution in [3.05, 3.63) is 21.9 Å². The van der Waals surface area contributed by atoms with Crippen molar-refractivity contribution in [2.24, 2.45) is 0 Å². The van der Waals surface area contributed by atoms with Gasteiger partial charge in [-0.2, -0.15) is 0 Å². The second-order valence-electron chi connectivity index (χ2n) is 4.38. The summed E-state index contributed by atoms with van der Waals surface area (Å²) in [6.45, 7) is 7.09. The van der Waals surface area contributed by atoms with Crippen molar-refractivity contribution in [2.75, 3.05) is 26.2 Å². The maximum absolute atomic E-state index is 5.65. The summed E-state index contributed by atoms with van der Waals surface area (Å²) >= 11 is 1.91. The van der Waals surface area contributed by atoms with Crippen LogP contribution in [-0.4, -0.2) is 32.3 Å². The average molecular weight is 254 g/mol. The van der Waals surface area contributed by atoms with E-state index < -0.39 is 0 Å². The van der Waals surface area contributed by atoms with Crippen molar-refractivity contribution in [1.29, 1.82) is 0 Å². The van der Waals surface area contributed by atoms with Gasteiger partial charge in [0.15, 0.2) is 0 Å². The third-order valence-corrected chi connectivity index (χ3v) is 4.24. The normalized spacial score (nSPS) is 20.6. The minimum Gasteiger partial charge on any atom is -0.376 e. The number of nitrogens with one attached hydrogen (secondary N) is 2. The number of rotatable bonds is 6. The molecule has 0 amide bonds. The van der Waals surface area contributed by atoms with Gasteiger partial charge in [0.05, 0.1) is 12.7 Å². The zero-order valence-corrected chi connectivity index (χ0v) is 11.3. The molecular weight excluding hydrogens is 232 g/mol. The monoisotopic (exact) mass is 254 g/mol. The van der Waals surface area contributed by atoms with Gasteiger partial charge in [-0.05, 0) is 31.5 Å². The Balaban J connectivity index is 1.59. The Morgan fingerprint density at radius 2 is 2.35 bits per heavy atom. The molecule has 0 bridgehead atoms. The fraction of sp³-hybridized carbons (Fsp3) is 0.692. The maximum atomic E-state index is 5.65. The lowest BCUT2D eigenvalue weighted by Crippen LogP contribution is -2.39. The molecular formula is C13H22N2OS. The lowest BCUT2D eigenvalue weighted by atomic mass is 10.2. The molecule has 0 aliphatic carbocycles. The topological polar surface area (TPSA) is 33.3 Å². The molecule has 1 unspecified atom stereocenters. The van der Waals surface area contributed by atoms with Gasteiger partial charge in [0.1, 0.15) is 0 Å². The van der Waals surface area contributed by atoms with Crippen molar-refractivity contribution in [3.8, 4) is 0 Å². The van der Waals surface area contributed by atoms with Crippen molar-refractivity contribution < 1.29 is 4.74 Å². The number of hydrogen-bond donors (Lipinski definition) is 2. The zero-order chi connectivity index (χ0) is 11.9. The molecule has 17 heavy (non-hydrogen) atoms. The van der Waals surface area contributed by atoms with Gasteiger partial charge in [-0.15, -0.1) is 11.3 Å². The molecule has 1 fully saturated rings.